The molecule has 3 aliphatic heterocycles. The number of piperidine rings is 2. The number of hydrogen-bond donors (Lipinski definition) is 2. The number of aliphatic hydroxyl groups excluding tert-OH is 1. The molecular weight excluding hydrogens is 1090 g/mol. The Bertz CT molecular complexity index is 3100. The Balaban J connectivity index is 0.000000189. The summed E-state index contributed by atoms with van der Waals surface area (Å²) in [6.45, 7) is 5.49. The molecule has 2 unspecified atom stereocenters. The van der Waals surface area contributed by atoms with Gasteiger partial charge in [0.25, 0.3) is 0 Å². The van der Waals surface area contributed by atoms with Gasteiger partial charge in [-0.3, -0.25) is 39.5 Å². The van der Waals surface area contributed by atoms with Crippen LogP contribution in [0, 0.1) is 11.8 Å². The van der Waals surface area contributed by atoms with Gasteiger partial charge in [0.1, 0.15) is 49.1 Å². The number of nitrogens with zero attached hydrogens (tertiary/aromatic N) is 7. The summed E-state index contributed by atoms with van der Waals surface area (Å²) in [6.07, 6.45) is 32.3. The van der Waals surface area contributed by atoms with Gasteiger partial charge >= 0.3 is 11.9 Å². The zero-order valence-electron chi connectivity index (χ0n) is 49.5. The maximum absolute atomic E-state index is 13.2. The number of ether oxygens (including phenoxy) is 5. The van der Waals surface area contributed by atoms with Gasteiger partial charge in [-0.2, -0.15) is 0 Å². The van der Waals surface area contributed by atoms with Crippen molar-refractivity contribution in [3.8, 4) is 11.5 Å². The Labute approximate surface area is 513 Å². The lowest BCUT2D eigenvalue weighted by atomic mass is 9.96. The lowest BCUT2D eigenvalue weighted by Gasteiger charge is -2.32. The van der Waals surface area contributed by atoms with Gasteiger partial charge in [-0.05, 0) is 224 Å². The number of nitrogens with one attached hydrogen (secondary N) is 1. The molecule has 0 amide bonds. The third-order valence-corrected chi connectivity index (χ3v) is 16.0. The molecule has 3 fully saturated rings. The Morgan fingerprint density at radius 2 is 0.954 bits per heavy atom. The van der Waals surface area contributed by atoms with E-state index in [0.29, 0.717) is 13.2 Å². The van der Waals surface area contributed by atoms with E-state index in [1.54, 1.807) is 37.2 Å². The largest absolute Gasteiger partial charge is 0.490 e. The van der Waals surface area contributed by atoms with Crippen LogP contribution < -0.4 is 14.8 Å². The molecule has 0 aliphatic carbocycles. The minimum atomic E-state index is -0.626. The molecule has 9 heterocycles. The zero-order chi connectivity index (χ0) is 59.2. The van der Waals surface area contributed by atoms with Crippen LogP contribution >= 0.6 is 0 Å². The highest BCUT2D eigenvalue weighted by molar-refractivity contribution is 5.85. The SMILES string of the molecule is C.O=C(OC(CCCc1cccnc1)CCCc1cccnc1)C1CCN(CC(O)COc2cccc3ncccc23)CC1.O=C(OC(CCCc1cccnc1)CCCc1cccnc1)C1CCNCC1.c1cc(OCC2CO2)c2cccnc2c1. The third kappa shape index (κ3) is 22.8. The van der Waals surface area contributed by atoms with E-state index in [2.05, 4.69) is 64.4 Å². The summed E-state index contributed by atoms with van der Waals surface area (Å²) in [7, 11) is 0. The number of pyridine rings is 6. The molecule has 0 saturated carbocycles. The third-order valence-electron chi connectivity index (χ3n) is 16.0. The molecule has 16 heteroatoms. The summed E-state index contributed by atoms with van der Waals surface area (Å²) in [5.41, 5.74) is 6.72. The van der Waals surface area contributed by atoms with Crippen molar-refractivity contribution in [2.45, 2.75) is 135 Å². The van der Waals surface area contributed by atoms with E-state index < -0.39 is 6.10 Å². The number of aryl methyl sites for hydroxylation is 4. The smallest absolute Gasteiger partial charge is 0.309 e. The van der Waals surface area contributed by atoms with Gasteiger partial charge in [0.05, 0.1) is 29.5 Å². The number of aliphatic hydroxyl groups is 1. The number of esters is 2. The second-order valence-corrected chi connectivity index (χ2v) is 22.6. The summed E-state index contributed by atoms with van der Waals surface area (Å²) in [4.78, 5) is 53.5. The highest BCUT2D eigenvalue weighted by Crippen LogP contribution is 2.28. The first-order chi connectivity index (χ1) is 42.4. The lowest BCUT2D eigenvalue weighted by molar-refractivity contribution is -0.157. The Kier molecular flexibility index (Phi) is 27.3. The van der Waals surface area contributed by atoms with E-state index in [1.165, 1.54) is 22.3 Å². The first kappa shape index (κ1) is 65.2. The number of carbonyl (C=O) groups is 2. The Morgan fingerprint density at radius 3 is 1.37 bits per heavy atom. The predicted octanol–water partition coefficient (Wildman–Crippen LogP) is 11.8. The molecule has 2 N–H and O–H groups in total. The van der Waals surface area contributed by atoms with E-state index in [1.807, 2.05) is 110 Å². The van der Waals surface area contributed by atoms with Crippen LogP contribution in [0.15, 0.2) is 171 Å². The van der Waals surface area contributed by atoms with Crippen molar-refractivity contribution in [2.24, 2.45) is 11.8 Å². The highest BCUT2D eigenvalue weighted by Gasteiger charge is 2.30. The van der Waals surface area contributed by atoms with Gasteiger partial charge < -0.3 is 39.0 Å². The first-order valence-corrected chi connectivity index (χ1v) is 31.0. The maximum atomic E-state index is 13.2. The quantitative estimate of drug-likeness (QED) is 0.0347. The lowest BCUT2D eigenvalue weighted by Crippen LogP contribution is -2.42. The number of hydrogen-bond acceptors (Lipinski definition) is 16. The summed E-state index contributed by atoms with van der Waals surface area (Å²) >= 11 is 0. The first-order valence-electron chi connectivity index (χ1n) is 31.0. The van der Waals surface area contributed by atoms with Crippen molar-refractivity contribution in [3.05, 3.63) is 193 Å². The number of aromatic nitrogens is 6. The van der Waals surface area contributed by atoms with E-state index in [4.69, 9.17) is 23.7 Å². The van der Waals surface area contributed by atoms with Crippen molar-refractivity contribution >= 4 is 33.7 Å². The standard InChI is InChI=1S/C35H42N4O4.C23H31N3O2.C12H11NO2.CH4/c40-30(26-42-34-15-3-14-33-32(34)13-6-20-38-33)25-39-21-16-29(17-22-39)35(41)43-31(11-1-7-27-9-4-18-36-23-27)12-2-8-28-10-5-19-37-24-28;27-23(21-11-15-24-16-12-21)28-22(9-1-5-19-7-3-13-25-17-19)10-2-6-20-8-4-14-26-18-20;1-4-11-10(3-2-6-13-11)12(5-1)15-8-9-7-14-9;/h3-6,9-10,13-15,18-20,23-24,29-31,40H,1-2,7-8,11-12,16-17,21-22,25-26H2;3-4,7-8,13-14,17-18,21-22,24H,1-2,5-6,9-12,15-16H2;1-6,9H,7-8H2;1H4. The second kappa shape index (κ2) is 36.4. The topological polar surface area (TPSA) is 196 Å². The molecule has 460 valence electrons. The average molecular weight is 1180 g/mol. The van der Waals surface area contributed by atoms with Crippen LogP contribution in [-0.2, 0) is 49.5 Å². The number of benzene rings is 2. The number of fused-ring (bicyclic) bond motifs is 2. The number of rotatable bonds is 28. The predicted molar refractivity (Wildman–Crippen MR) is 340 cm³/mol. The molecular formula is C71H88N8O8. The van der Waals surface area contributed by atoms with Gasteiger partial charge in [-0.15, -0.1) is 0 Å². The minimum Gasteiger partial charge on any atom is -0.490 e. The van der Waals surface area contributed by atoms with Crippen molar-refractivity contribution in [3.63, 3.8) is 0 Å². The van der Waals surface area contributed by atoms with Crippen LogP contribution in [0.1, 0.15) is 107 Å². The van der Waals surface area contributed by atoms with Crippen molar-refractivity contribution < 1.29 is 38.4 Å². The van der Waals surface area contributed by atoms with Crippen LogP contribution in [0.3, 0.4) is 0 Å². The summed E-state index contributed by atoms with van der Waals surface area (Å²) in [5, 5.41) is 16.0. The summed E-state index contributed by atoms with van der Waals surface area (Å²) in [5.74, 6) is 1.47. The second-order valence-electron chi connectivity index (χ2n) is 22.6. The molecule has 87 heavy (non-hydrogen) atoms. The molecule has 11 rings (SSSR count). The van der Waals surface area contributed by atoms with E-state index in [-0.39, 0.29) is 56.1 Å². The maximum Gasteiger partial charge on any atom is 0.309 e. The molecule has 3 saturated heterocycles. The molecule has 16 nitrogen and oxygen atoms in total. The number of epoxide rings is 1. The number of β-amino-alcohol motifs (C(OH)–C–C–N with tert-alkyl or cyclic N) is 1. The molecule has 6 aromatic heterocycles. The molecule has 0 bridgehead atoms. The number of carbonyl (C=O) groups excluding carboxylic acids is 2. The minimum absolute atomic E-state index is 0. The van der Waals surface area contributed by atoms with Crippen molar-refractivity contribution in [1.29, 1.82) is 0 Å². The van der Waals surface area contributed by atoms with Crippen LogP contribution in [-0.4, -0.2) is 129 Å². The fourth-order valence-corrected chi connectivity index (χ4v) is 11.1. The van der Waals surface area contributed by atoms with Crippen LogP contribution in [0.5, 0.6) is 11.5 Å². The summed E-state index contributed by atoms with van der Waals surface area (Å²) < 4.78 is 28.8. The Hall–Kier alpha value is -7.76. The summed E-state index contributed by atoms with van der Waals surface area (Å²) in [6, 6.07) is 35.7. The van der Waals surface area contributed by atoms with Gasteiger partial charge in [-0.1, -0.05) is 43.8 Å². The van der Waals surface area contributed by atoms with Gasteiger partial charge in [0, 0.05) is 79.3 Å². The zero-order valence-corrected chi connectivity index (χ0v) is 49.5. The molecule has 2 atom stereocenters. The normalized spacial score (nSPS) is 15.5. The van der Waals surface area contributed by atoms with E-state index in [0.717, 1.165) is 169 Å². The van der Waals surface area contributed by atoms with Gasteiger partial charge in [0.2, 0.25) is 0 Å². The molecule has 2 aromatic carbocycles. The van der Waals surface area contributed by atoms with Crippen molar-refractivity contribution in [1.82, 2.24) is 40.1 Å². The van der Waals surface area contributed by atoms with Gasteiger partial charge in [0.15, 0.2) is 0 Å². The highest BCUT2D eigenvalue weighted by atomic mass is 16.6. The fourth-order valence-electron chi connectivity index (χ4n) is 11.1. The average Bonchev–Trinajstić information content (AvgIpc) is 4.52. The fraction of sp³-hybridized carbons (Fsp3) is 0.437. The van der Waals surface area contributed by atoms with Crippen LogP contribution in [0.2, 0.25) is 0 Å². The van der Waals surface area contributed by atoms with E-state index >= 15 is 0 Å². The monoisotopic (exact) mass is 1180 g/mol. The van der Waals surface area contributed by atoms with Crippen LogP contribution in [0.4, 0.5) is 0 Å². The van der Waals surface area contributed by atoms with Gasteiger partial charge in [-0.25, -0.2) is 0 Å². The van der Waals surface area contributed by atoms with E-state index in [9.17, 15) is 14.7 Å². The molecule has 8 aromatic rings. The molecule has 3 aliphatic rings. The Morgan fingerprint density at radius 1 is 0.540 bits per heavy atom. The molecule has 0 spiro atoms. The van der Waals surface area contributed by atoms with Crippen LogP contribution in [0.25, 0.3) is 21.8 Å². The number of likely N-dealkylation sites (tertiary alicyclic amines) is 1. The van der Waals surface area contributed by atoms with Crippen molar-refractivity contribution in [2.75, 3.05) is 52.5 Å². The molecule has 0 radical (unpaired) electrons.